The molecular weight excluding hydrogens is 263 g/mol. The highest BCUT2D eigenvalue weighted by molar-refractivity contribution is 6.62. The molecule has 0 unspecified atom stereocenters. The van der Waals surface area contributed by atoms with Crippen LogP contribution in [0.15, 0.2) is 30.3 Å². The maximum Gasteiger partial charge on any atom is 0.494 e. The summed E-state index contributed by atoms with van der Waals surface area (Å²) in [5.41, 5.74) is 2.41. The van der Waals surface area contributed by atoms with Gasteiger partial charge in [-0.1, -0.05) is 32.0 Å². The molecule has 1 saturated heterocycles. The van der Waals surface area contributed by atoms with Gasteiger partial charge >= 0.3 is 7.12 Å². The molecule has 1 aliphatic rings. The van der Waals surface area contributed by atoms with Gasteiger partial charge in [0.25, 0.3) is 0 Å². The molecule has 0 bridgehead atoms. The van der Waals surface area contributed by atoms with E-state index in [1.807, 2.05) is 6.07 Å². The third-order valence-electron chi connectivity index (χ3n) is 4.04. The molecule has 2 aromatic rings. The topological polar surface area (TPSA) is 27.7 Å². The van der Waals surface area contributed by atoms with Crippen LogP contribution in [0.2, 0.25) is 0 Å². The number of rotatable bonds is 2. The molecule has 0 N–H and O–H groups in total. The van der Waals surface area contributed by atoms with Gasteiger partial charge in [0.2, 0.25) is 0 Å². The Balaban J connectivity index is 1.95. The standard InChI is InChI=1S/C17H21BO3/c1-12-15-7-6-14(19-4)9-13(15)5-8-16(12)18-20-10-17(2,3)11-21-18/h5-9H,10-11H2,1-4H3. The van der Waals surface area contributed by atoms with Crippen molar-refractivity contribution in [3.05, 3.63) is 35.9 Å². The van der Waals surface area contributed by atoms with Crippen molar-refractivity contribution in [3.8, 4) is 5.75 Å². The Morgan fingerprint density at radius 2 is 1.81 bits per heavy atom. The summed E-state index contributed by atoms with van der Waals surface area (Å²) in [7, 11) is 1.43. The molecule has 3 nitrogen and oxygen atoms in total. The van der Waals surface area contributed by atoms with Crippen LogP contribution in [0.25, 0.3) is 10.8 Å². The van der Waals surface area contributed by atoms with E-state index in [9.17, 15) is 0 Å². The Morgan fingerprint density at radius 3 is 2.48 bits per heavy atom. The maximum atomic E-state index is 5.91. The lowest BCUT2D eigenvalue weighted by Crippen LogP contribution is -2.48. The van der Waals surface area contributed by atoms with Crippen molar-refractivity contribution in [1.82, 2.24) is 0 Å². The van der Waals surface area contributed by atoms with Crippen molar-refractivity contribution in [1.29, 1.82) is 0 Å². The first-order valence-corrected chi connectivity index (χ1v) is 7.31. The monoisotopic (exact) mass is 284 g/mol. The molecule has 0 radical (unpaired) electrons. The summed E-state index contributed by atoms with van der Waals surface area (Å²) in [4.78, 5) is 0. The predicted molar refractivity (Wildman–Crippen MR) is 86.3 cm³/mol. The van der Waals surface area contributed by atoms with E-state index in [4.69, 9.17) is 14.0 Å². The Morgan fingerprint density at radius 1 is 1.10 bits per heavy atom. The van der Waals surface area contributed by atoms with Crippen LogP contribution in [0.3, 0.4) is 0 Å². The number of methoxy groups -OCH3 is 1. The lowest BCUT2D eigenvalue weighted by Gasteiger charge is -2.33. The maximum absolute atomic E-state index is 5.91. The lowest BCUT2D eigenvalue weighted by atomic mass is 9.72. The zero-order valence-corrected chi connectivity index (χ0v) is 13.1. The van der Waals surface area contributed by atoms with Gasteiger partial charge in [0.1, 0.15) is 5.75 Å². The van der Waals surface area contributed by atoms with Crippen molar-refractivity contribution in [2.75, 3.05) is 20.3 Å². The fourth-order valence-electron chi connectivity index (χ4n) is 2.73. The second kappa shape index (κ2) is 5.36. The van der Waals surface area contributed by atoms with E-state index in [-0.39, 0.29) is 12.5 Å². The highest BCUT2D eigenvalue weighted by atomic mass is 16.6. The fraction of sp³-hybridized carbons (Fsp3) is 0.412. The van der Waals surface area contributed by atoms with E-state index in [1.54, 1.807) is 7.11 Å². The molecular formula is C17H21BO3. The van der Waals surface area contributed by atoms with Crippen LogP contribution < -0.4 is 10.2 Å². The highest BCUT2D eigenvalue weighted by Crippen LogP contribution is 2.25. The SMILES string of the molecule is COc1ccc2c(C)c(B3OCC(C)(C)CO3)ccc2c1. The van der Waals surface area contributed by atoms with Gasteiger partial charge in [0.05, 0.1) is 7.11 Å². The summed E-state index contributed by atoms with van der Waals surface area (Å²) in [6, 6.07) is 10.3. The van der Waals surface area contributed by atoms with Gasteiger partial charge in [0, 0.05) is 18.6 Å². The Bertz CT molecular complexity index is 656. The molecule has 0 aliphatic carbocycles. The molecule has 1 heterocycles. The quantitative estimate of drug-likeness (QED) is 0.794. The van der Waals surface area contributed by atoms with E-state index in [0.29, 0.717) is 0 Å². The normalized spacial score (nSPS) is 18.0. The summed E-state index contributed by atoms with van der Waals surface area (Å²) in [5, 5.41) is 2.39. The zero-order valence-electron chi connectivity index (χ0n) is 13.1. The van der Waals surface area contributed by atoms with E-state index in [1.165, 1.54) is 16.3 Å². The third kappa shape index (κ3) is 2.78. The molecule has 0 saturated carbocycles. The van der Waals surface area contributed by atoms with Crippen LogP contribution in [-0.2, 0) is 9.31 Å². The van der Waals surface area contributed by atoms with E-state index in [0.717, 1.165) is 24.4 Å². The molecule has 1 fully saturated rings. The third-order valence-corrected chi connectivity index (χ3v) is 4.04. The molecule has 2 aromatic carbocycles. The Hall–Kier alpha value is -1.52. The summed E-state index contributed by atoms with van der Waals surface area (Å²) < 4.78 is 17.1. The summed E-state index contributed by atoms with van der Waals surface area (Å²) in [6.45, 7) is 7.87. The minimum atomic E-state index is -0.260. The number of fused-ring (bicyclic) bond motifs is 1. The van der Waals surface area contributed by atoms with Crippen LogP contribution in [0, 0.1) is 12.3 Å². The minimum absolute atomic E-state index is 0.0919. The van der Waals surface area contributed by atoms with Gasteiger partial charge in [-0.3, -0.25) is 0 Å². The molecule has 3 rings (SSSR count). The Labute approximate surface area is 126 Å². The smallest absolute Gasteiger partial charge is 0.494 e. The average Bonchev–Trinajstić information content (AvgIpc) is 2.48. The van der Waals surface area contributed by atoms with Crippen molar-refractivity contribution >= 4 is 23.4 Å². The molecule has 0 spiro atoms. The molecule has 0 atom stereocenters. The van der Waals surface area contributed by atoms with Crippen LogP contribution >= 0.6 is 0 Å². The van der Waals surface area contributed by atoms with Gasteiger partial charge in [-0.25, -0.2) is 0 Å². The predicted octanol–water partition coefficient (Wildman–Crippen LogP) is 2.93. The number of ether oxygens (including phenoxy) is 1. The molecule has 0 aromatic heterocycles. The second-order valence-electron chi connectivity index (χ2n) is 6.49. The molecule has 4 heteroatoms. The largest absolute Gasteiger partial charge is 0.497 e. The van der Waals surface area contributed by atoms with Crippen molar-refractivity contribution in [2.45, 2.75) is 20.8 Å². The molecule has 21 heavy (non-hydrogen) atoms. The van der Waals surface area contributed by atoms with Gasteiger partial charge in [-0.05, 0) is 40.9 Å². The van der Waals surface area contributed by atoms with Crippen molar-refractivity contribution in [3.63, 3.8) is 0 Å². The summed E-state index contributed by atoms with van der Waals surface area (Å²) >= 11 is 0. The fourth-order valence-corrected chi connectivity index (χ4v) is 2.73. The van der Waals surface area contributed by atoms with Crippen LogP contribution in [0.5, 0.6) is 5.75 Å². The van der Waals surface area contributed by atoms with Crippen LogP contribution in [0.4, 0.5) is 0 Å². The molecule has 1 aliphatic heterocycles. The Kier molecular flexibility index (Phi) is 3.68. The first-order chi connectivity index (χ1) is 10.00. The highest BCUT2D eigenvalue weighted by Gasteiger charge is 2.34. The number of hydrogen-bond acceptors (Lipinski definition) is 3. The van der Waals surface area contributed by atoms with Crippen molar-refractivity contribution < 1.29 is 14.0 Å². The van der Waals surface area contributed by atoms with E-state index in [2.05, 4.69) is 45.0 Å². The average molecular weight is 284 g/mol. The van der Waals surface area contributed by atoms with Crippen molar-refractivity contribution in [2.24, 2.45) is 5.41 Å². The van der Waals surface area contributed by atoms with Gasteiger partial charge < -0.3 is 14.0 Å². The van der Waals surface area contributed by atoms with Gasteiger partial charge in [-0.15, -0.1) is 0 Å². The first-order valence-electron chi connectivity index (χ1n) is 7.31. The van der Waals surface area contributed by atoms with E-state index >= 15 is 0 Å². The second-order valence-corrected chi connectivity index (χ2v) is 6.49. The minimum Gasteiger partial charge on any atom is -0.497 e. The van der Waals surface area contributed by atoms with Gasteiger partial charge in [-0.2, -0.15) is 0 Å². The summed E-state index contributed by atoms with van der Waals surface area (Å²) in [6.07, 6.45) is 0. The molecule has 110 valence electrons. The van der Waals surface area contributed by atoms with Gasteiger partial charge in [0.15, 0.2) is 0 Å². The van der Waals surface area contributed by atoms with Crippen LogP contribution in [-0.4, -0.2) is 27.4 Å². The van der Waals surface area contributed by atoms with E-state index < -0.39 is 0 Å². The number of hydrogen-bond donors (Lipinski definition) is 0. The molecule has 0 amide bonds. The number of benzene rings is 2. The summed E-state index contributed by atoms with van der Waals surface area (Å²) in [5.74, 6) is 0.876. The number of aryl methyl sites for hydroxylation is 1. The zero-order chi connectivity index (χ0) is 15.0. The van der Waals surface area contributed by atoms with Crippen LogP contribution in [0.1, 0.15) is 19.4 Å². The lowest BCUT2D eigenvalue weighted by molar-refractivity contribution is 0.0343. The first kappa shape index (κ1) is 14.4.